The third kappa shape index (κ3) is 6.44. The van der Waals surface area contributed by atoms with Crippen LogP contribution in [0.15, 0.2) is 65.8 Å². The summed E-state index contributed by atoms with van der Waals surface area (Å²) >= 11 is 0. The first-order valence-corrected chi connectivity index (χ1v) is 9.94. The maximum Gasteiger partial charge on any atom is 0.145 e. The van der Waals surface area contributed by atoms with Gasteiger partial charge in [0.1, 0.15) is 6.10 Å². The molecule has 0 aliphatic carbocycles. The minimum atomic E-state index is -0.540. The third-order valence-corrected chi connectivity index (χ3v) is 4.64. The molecule has 28 heavy (non-hydrogen) atoms. The van der Waals surface area contributed by atoms with Gasteiger partial charge in [-0.05, 0) is 25.0 Å². The SMILES string of the molecule is CC(C)OCC(O)CN(Cc1ccccc1)CC1CC(c2ccccc2)=NO1. The highest BCUT2D eigenvalue weighted by Gasteiger charge is 2.25. The Kier molecular flexibility index (Phi) is 7.60. The van der Waals surface area contributed by atoms with Crippen molar-refractivity contribution >= 4 is 5.71 Å². The number of ether oxygens (including phenoxy) is 1. The summed E-state index contributed by atoms with van der Waals surface area (Å²) in [6.45, 7) is 6.27. The number of aliphatic hydroxyl groups is 1. The molecule has 0 bridgehead atoms. The van der Waals surface area contributed by atoms with E-state index in [1.165, 1.54) is 5.56 Å². The van der Waals surface area contributed by atoms with Crippen molar-refractivity contribution in [3.05, 3.63) is 71.8 Å². The van der Waals surface area contributed by atoms with Gasteiger partial charge in [-0.25, -0.2) is 0 Å². The van der Waals surface area contributed by atoms with Crippen molar-refractivity contribution in [3.8, 4) is 0 Å². The zero-order chi connectivity index (χ0) is 19.8. The summed E-state index contributed by atoms with van der Waals surface area (Å²) in [5.74, 6) is 0. The monoisotopic (exact) mass is 382 g/mol. The molecule has 1 aliphatic rings. The maximum absolute atomic E-state index is 10.4. The summed E-state index contributed by atoms with van der Waals surface area (Å²) in [6.07, 6.45) is 0.324. The molecule has 2 unspecified atom stereocenters. The van der Waals surface area contributed by atoms with Gasteiger partial charge in [0.15, 0.2) is 0 Å². The number of hydrogen-bond acceptors (Lipinski definition) is 5. The fraction of sp³-hybridized carbons (Fsp3) is 0.435. The average Bonchev–Trinajstić information content (AvgIpc) is 3.16. The van der Waals surface area contributed by atoms with Gasteiger partial charge in [-0.3, -0.25) is 4.90 Å². The topological polar surface area (TPSA) is 54.3 Å². The van der Waals surface area contributed by atoms with Crippen LogP contribution in [0.25, 0.3) is 0 Å². The van der Waals surface area contributed by atoms with E-state index in [0.717, 1.165) is 24.2 Å². The van der Waals surface area contributed by atoms with Crippen molar-refractivity contribution < 1.29 is 14.7 Å². The highest BCUT2D eigenvalue weighted by molar-refractivity contribution is 6.01. The van der Waals surface area contributed by atoms with Crippen LogP contribution in [-0.2, 0) is 16.1 Å². The van der Waals surface area contributed by atoms with E-state index in [1.807, 2.05) is 50.2 Å². The lowest BCUT2D eigenvalue weighted by Crippen LogP contribution is -2.39. The first kappa shape index (κ1) is 20.5. The second-order valence-corrected chi connectivity index (χ2v) is 7.55. The molecule has 1 N–H and O–H groups in total. The van der Waals surface area contributed by atoms with Gasteiger partial charge in [0, 0.05) is 26.1 Å². The van der Waals surface area contributed by atoms with Gasteiger partial charge >= 0.3 is 0 Å². The molecule has 0 spiro atoms. The predicted octanol–water partition coefficient (Wildman–Crippen LogP) is 3.47. The molecule has 0 saturated heterocycles. The molecule has 0 saturated carbocycles. The minimum absolute atomic E-state index is 0.0165. The van der Waals surface area contributed by atoms with Crippen molar-refractivity contribution in [1.29, 1.82) is 0 Å². The van der Waals surface area contributed by atoms with Gasteiger partial charge in [0.05, 0.1) is 24.5 Å². The standard InChI is InChI=1S/C23H30N2O3/c1-18(2)27-17-21(26)15-25(14-19-9-5-3-6-10-19)16-22-13-23(24-28-22)20-11-7-4-8-12-20/h3-12,18,21-22,26H,13-17H2,1-2H3. The van der Waals surface area contributed by atoms with Crippen LogP contribution < -0.4 is 0 Å². The fourth-order valence-electron chi connectivity index (χ4n) is 3.31. The summed E-state index contributed by atoms with van der Waals surface area (Å²) in [4.78, 5) is 7.92. The van der Waals surface area contributed by atoms with Crippen molar-refractivity contribution in [1.82, 2.24) is 4.90 Å². The Morgan fingerprint density at radius 1 is 1.11 bits per heavy atom. The Bertz CT molecular complexity index is 734. The molecule has 2 aromatic carbocycles. The number of oxime groups is 1. The zero-order valence-corrected chi connectivity index (χ0v) is 16.7. The molecule has 5 heteroatoms. The highest BCUT2D eigenvalue weighted by Crippen LogP contribution is 2.18. The first-order chi connectivity index (χ1) is 13.6. The summed E-state index contributed by atoms with van der Waals surface area (Å²) < 4.78 is 5.57. The fourth-order valence-corrected chi connectivity index (χ4v) is 3.31. The van der Waals surface area contributed by atoms with Crippen molar-refractivity contribution in [2.45, 2.75) is 45.1 Å². The van der Waals surface area contributed by atoms with Crippen LogP contribution in [0.5, 0.6) is 0 Å². The van der Waals surface area contributed by atoms with E-state index in [-0.39, 0.29) is 12.2 Å². The number of benzene rings is 2. The van der Waals surface area contributed by atoms with Gasteiger partial charge < -0.3 is 14.7 Å². The molecule has 2 atom stereocenters. The molecule has 5 nitrogen and oxygen atoms in total. The Hall–Kier alpha value is -2.21. The van der Waals surface area contributed by atoms with E-state index in [0.29, 0.717) is 19.7 Å². The molecule has 3 rings (SSSR count). The molecule has 0 fully saturated rings. The van der Waals surface area contributed by atoms with Crippen LogP contribution in [0.4, 0.5) is 0 Å². The summed E-state index contributed by atoms with van der Waals surface area (Å²) in [5, 5.41) is 14.7. The zero-order valence-electron chi connectivity index (χ0n) is 16.7. The second kappa shape index (κ2) is 10.4. The van der Waals surface area contributed by atoms with E-state index in [1.54, 1.807) is 0 Å². The van der Waals surface area contributed by atoms with Crippen LogP contribution >= 0.6 is 0 Å². The average molecular weight is 383 g/mol. The summed E-state index contributed by atoms with van der Waals surface area (Å²) in [6, 6.07) is 20.4. The smallest absolute Gasteiger partial charge is 0.145 e. The van der Waals surface area contributed by atoms with Crippen LogP contribution in [0, 0.1) is 0 Å². The molecule has 0 radical (unpaired) electrons. The first-order valence-electron chi connectivity index (χ1n) is 9.94. The number of hydrogen-bond donors (Lipinski definition) is 1. The van der Waals surface area contributed by atoms with Crippen molar-refractivity contribution in [2.75, 3.05) is 19.7 Å². The number of nitrogens with zero attached hydrogens (tertiary/aromatic N) is 2. The van der Waals surface area contributed by atoms with Crippen LogP contribution in [0.1, 0.15) is 31.4 Å². The maximum atomic E-state index is 10.4. The summed E-state index contributed by atoms with van der Waals surface area (Å²) in [5.41, 5.74) is 3.29. The third-order valence-electron chi connectivity index (χ3n) is 4.64. The lowest BCUT2D eigenvalue weighted by atomic mass is 10.0. The quantitative estimate of drug-likeness (QED) is 0.684. The Balaban J connectivity index is 1.59. The Morgan fingerprint density at radius 3 is 2.46 bits per heavy atom. The molecule has 1 heterocycles. The minimum Gasteiger partial charge on any atom is -0.390 e. The van der Waals surface area contributed by atoms with Gasteiger partial charge in [-0.1, -0.05) is 65.8 Å². The Labute approximate surface area is 167 Å². The Morgan fingerprint density at radius 2 is 1.79 bits per heavy atom. The molecular formula is C23H30N2O3. The van der Waals surface area contributed by atoms with E-state index in [9.17, 15) is 5.11 Å². The van der Waals surface area contributed by atoms with Gasteiger partial charge in [-0.2, -0.15) is 0 Å². The molecule has 0 aromatic heterocycles. The number of rotatable bonds is 10. The van der Waals surface area contributed by atoms with Crippen molar-refractivity contribution in [3.63, 3.8) is 0 Å². The van der Waals surface area contributed by atoms with E-state index in [2.05, 4.69) is 34.3 Å². The largest absolute Gasteiger partial charge is 0.390 e. The molecular weight excluding hydrogens is 352 g/mol. The highest BCUT2D eigenvalue weighted by atomic mass is 16.6. The predicted molar refractivity (Wildman–Crippen MR) is 111 cm³/mol. The normalized spacial score (nSPS) is 17.6. The second-order valence-electron chi connectivity index (χ2n) is 7.55. The lowest BCUT2D eigenvalue weighted by molar-refractivity contribution is -0.0194. The molecule has 0 amide bonds. The number of aliphatic hydroxyl groups excluding tert-OH is 1. The lowest BCUT2D eigenvalue weighted by Gasteiger charge is -2.27. The molecule has 2 aromatic rings. The van der Waals surface area contributed by atoms with Crippen molar-refractivity contribution in [2.24, 2.45) is 5.16 Å². The summed E-state index contributed by atoms with van der Waals surface area (Å²) in [7, 11) is 0. The van der Waals surface area contributed by atoms with Crippen LogP contribution in [0.2, 0.25) is 0 Å². The van der Waals surface area contributed by atoms with E-state index >= 15 is 0 Å². The van der Waals surface area contributed by atoms with Crippen LogP contribution in [0.3, 0.4) is 0 Å². The van der Waals surface area contributed by atoms with E-state index < -0.39 is 6.10 Å². The van der Waals surface area contributed by atoms with E-state index in [4.69, 9.17) is 9.57 Å². The van der Waals surface area contributed by atoms with Gasteiger partial charge in [-0.15, -0.1) is 0 Å². The molecule has 150 valence electrons. The van der Waals surface area contributed by atoms with Gasteiger partial charge in [0.25, 0.3) is 0 Å². The van der Waals surface area contributed by atoms with Crippen LogP contribution in [-0.4, -0.2) is 53.7 Å². The molecule has 1 aliphatic heterocycles. The van der Waals surface area contributed by atoms with Gasteiger partial charge in [0.2, 0.25) is 0 Å².